The number of nitrogens with zero attached hydrogens (tertiary/aromatic N) is 6. The van der Waals surface area contributed by atoms with Gasteiger partial charge in [-0.2, -0.15) is 18.4 Å². The average molecular weight is 488 g/mol. The fourth-order valence-electron chi connectivity index (χ4n) is 3.93. The van der Waals surface area contributed by atoms with Crippen molar-refractivity contribution in [2.45, 2.75) is 51.1 Å². The Hall–Kier alpha value is -3.49. The smallest absolute Gasteiger partial charge is 0.332 e. The number of nitrogens with one attached hydrogen (secondary N) is 1. The number of fused-ring (bicyclic) bond motifs is 1. The van der Waals surface area contributed by atoms with Gasteiger partial charge in [-0.1, -0.05) is 0 Å². The van der Waals surface area contributed by atoms with E-state index < -0.39 is 47.4 Å². The molecule has 1 aromatic carbocycles. The van der Waals surface area contributed by atoms with Gasteiger partial charge in [0.05, 0.1) is 12.2 Å². The first-order chi connectivity index (χ1) is 16.0. The van der Waals surface area contributed by atoms with Crippen molar-refractivity contribution in [3.8, 4) is 11.5 Å². The molecule has 1 aliphatic heterocycles. The summed E-state index contributed by atoms with van der Waals surface area (Å²) in [5, 5.41) is 12.9. The number of hydrogen-bond donors (Lipinski definition) is 2. The number of hydrogen-bond acceptors (Lipinski definition) is 6. The van der Waals surface area contributed by atoms with Crippen molar-refractivity contribution in [2.75, 3.05) is 0 Å². The fraction of sp³-hybridized carbons (Fsp3) is 0.421. The molecule has 34 heavy (non-hydrogen) atoms. The lowest BCUT2D eigenvalue weighted by molar-refractivity contribution is -0.148. The number of amides is 1. The molecule has 4 rings (SSSR count). The van der Waals surface area contributed by atoms with Crippen molar-refractivity contribution in [3.63, 3.8) is 0 Å². The molecule has 0 spiro atoms. The van der Waals surface area contributed by atoms with E-state index in [0.717, 1.165) is 4.57 Å². The van der Waals surface area contributed by atoms with Crippen molar-refractivity contribution >= 4 is 5.91 Å². The predicted molar refractivity (Wildman–Crippen MR) is 103 cm³/mol. The molecule has 15 heteroatoms. The average Bonchev–Trinajstić information content (AvgIpc) is 3.38. The van der Waals surface area contributed by atoms with E-state index in [0.29, 0.717) is 12.1 Å². The maximum absolute atomic E-state index is 13.9. The molecule has 0 radical (unpaired) electrons. The van der Waals surface area contributed by atoms with Gasteiger partial charge in [-0.3, -0.25) is 4.79 Å². The summed E-state index contributed by atoms with van der Waals surface area (Å²) in [5.74, 6) is -5.41. The predicted octanol–water partition coefficient (Wildman–Crippen LogP) is 2.19. The number of carbonyl (C=O) groups excluding carboxylic acids is 1. The molecule has 182 valence electrons. The van der Waals surface area contributed by atoms with Crippen molar-refractivity contribution in [3.05, 3.63) is 46.7 Å². The summed E-state index contributed by atoms with van der Waals surface area (Å²) in [7, 11) is 0. The number of tetrazole rings is 1. The van der Waals surface area contributed by atoms with E-state index >= 15 is 0 Å². The number of halogens is 6. The summed E-state index contributed by atoms with van der Waals surface area (Å²) >= 11 is 0. The molecule has 0 saturated carbocycles. The zero-order valence-corrected chi connectivity index (χ0v) is 17.6. The molecule has 0 aliphatic carbocycles. The molecule has 1 aliphatic rings. The van der Waals surface area contributed by atoms with E-state index in [4.69, 9.17) is 5.73 Å². The fourth-order valence-corrected chi connectivity index (χ4v) is 3.93. The molecule has 0 saturated heterocycles. The number of imidazole rings is 1. The Kier molecular flexibility index (Phi) is 6.05. The van der Waals surface area contributed by atoms with Crippen LogP contribution in [0.25, 0.3) is 11.5 Å². The molecule has 3 heterocycles. The zero-order valence-electron chi connectivity index (χ0n) is 17.6. The first kappa shape index (κ1) is 23.7. The monoisotopic (exact) mass is 488 g/mol. The van der Waals surface area contributed by atoms with Crippen LogP contribution in [0, 0.1) is 17.5 Å². The highest BCUT2D eigenvalue weighted by Gasteiger charge is 2.42. The van der Waals surface area contributed by atoms with Crippen molar-refractivity contribution in [1.82, 2.24) is 35.1 Å². The van der Waals surface area contributed by atoms with Gasteiger partial charge in [0.25, 0.3) is 0 Å². The van der Waals surface area contributed by atoms with Crippen molar-refractivity contribution in [1.29, 1.82) is 0 Å². The molecule has 1 amide bonds. The number of nitrogens with two attached hydrogens (primary N) is 1. The second kappa shape index (κ2) is 8.70. The number of aromatic nitrogens is 6. The Labute approximate surface area is 187 Å². The Morgan fingerprint density at radius 3 is 2.59 bits per heavy atom. The highest BCUT2D eigenvalue weighted by Crippen LogP contribution is 2.36. The maximum atomic E-state index is 13.9. The lowest BCUT2D eigenvalue weighted by atomic mass is 10.0. The lowest BCUT2D eigenvalue weighted by Crippen LogP contribution is -2.47. The van der Waals surface area contributed by atoms with E-state index in [9.17, 15) is 31.1 Å². The summed E-state index contributed by atoms with van der Waals surface area (Å²) < 4.78 is 82.1. The third-order valence-corrected chi connectivity index (χ3v) is 5.51. The van der Waals surface area contributed by atoms with E-state index in [-0.39, 0.29) is 48.7 Å². The summed E-state index contributed by atoms with van der Waals surface area (Å²) in [4.78, 5) is 17.9. The van der Waals surface area contributed by atoms with Crippen LogP contribution in [0.5, 0.6) is 0 Å². The van der Waals surface area contributed by atoms with Gasteiger partial charge in [-0.25, -0.2) is 18.2 Å². The highest BCUT2D eigenvalue weighted by atomic mass is 19.4. The molecule has 1 unspecified atom stereocenters. The van der Waals surface area contributed by atoms with Crippen LogP contribution in [-0.4, -0.2) is 53.1 Å². The Balaban J connectivity index is 1.55. The number of aromatic amines is 1. The quantitative estimate of drug-likeness (QED) is 0.420. The van der Waals surface area contributed by atoms with Gasteiger partial charge in [0.2, 0.25) is 17.6 Å². The molecule has 2 aromatic heterocycles. The molecule has 9 nitrogen and oxygen atoms in total. The van der Waals surface area contributed by atoms with Crippen LogP contribution in [0.2, 0.25) is 0 Å². The Morgan fingerprint density at radius 1 is 1.24 bits per heavy atom. The van der Waals surface area contributed by atoms with E-state index in [1.165, 1.54) is 4.90 Å². The standard InChI is InChI=1S/C19H18F6N8O/c1-8-6-33-14(16(17-28-30-31-29-17)27-18(33)19(23,24)25)7-32(8)15(34)4-10(26)2-9-3-12(21)13(22)5-11(9)20/h3,5,8,10H,2,4,6-7,26H2,1H3,(H,28,29,30,31)/t8?,10-/m1/s1. The molecule has 0 fully saturated rings. The second-order valence-electron chi connectivity index (χ2n) is 7.97. The van der Waals surface area contributed by atoms with Gasteiger partial charge < -0.3 is 15.2 Å². The van der Waals surface area contributed by atoms with Gasteiger partial charge in [-0.05, 0) is 30.2 Å². The second-order valence-corrected chi connectivity index (χ2v) is 7.97. The first-order valence-electron chi connectivity index (χ1n) is 10.0. The minimum Gasteiger partial charge on any atom is -0.332 e. The van der Waals surface area contributed by atoms with Gasteiger partial charge in [0.15, 0.2) is 11.6 Å². The third kappa shape index (κ3) is 4.47. The number of rotatable bonds is 5. The van der Waals surface area contributed by atoms with Gasteiger partial charge in [0.1, 0.15) is 11.5 Å². The largest absolute Gasteiger partial charge is 0.449 e. The van der Waals surface area contributed by atoms with E-state index in [1.807, 2.05) is 0 Å². The van der Waals surface area contributed by atoms with Gasteiger partial charge >= 0.3 is 6.18 Å². The zero-order chi connectivity index (χ0) is 24.8. The molecule has 0 bridgehead atoms. The minimum absolute atomic E-state index is 0.0698. The van der Waals surface area contributed by atoms with Crippen LogP contribution in [0.4, 0.5) is 26.3 Å². The molecular weight excluding hydrogens is 470 g/mol. The highest BCUT2D eigenvalue weighted by molar-refractivity contribution is 5.77. The summed E-state index contributed by atoms with van der Waals surface area (Å²) in [6.07, 6.45) is -5.30. The normalized spacial score (nSPS) is 17.1. The molecule has 3 N–H and O–H groups in total. The van der Waals surface area contributed by atoms with Crippen LogP contribution < -0.4 is 5.73 Å². The van der Waals surface area contributed by atoms with Crippen molar-refractivity contribution in [2.24, 2.45) is 5.73 Å². The van der Waals surface area contributed by atoms with Crippen LogP contribution in [0.1, 0.15) is 30.4 Å². The number of alkyl halides is 3. The van der Waals surface area contributed by atoms with Crippen LogP contribution >= 0.6 is 0 Å². The number of benzene rings is 1. The van der Waals surface area contributed by atoms with E-state index in [2.05, 4.69) is 25.6 Å². The van der Waals surface area contributed by atoms with E-state index in [1.54, 1.807) is 6.92 Å². The number of carbonyl (C=O) groups is 1. The Morgan fingerprint density at radius 2 is 1.94 bits per heavy atom. The molecular formula is C19H18F6N8O. The first-order valence-corrected chi connectivity index (χ1v) is 10.0. The molecule has 2 atom stereocenters. The SMILES string of the molecule is CC1Cn2c(C(F)(F)F)nc(-c3nn[nH]n3)c2CN1C(=O)C[C@H](N)Cc1cc(F)c(F)cc1F. The summed E-state index contributed by atoms with van der Waals surface area (Å²) in [5.41, 5.74) is 5.66. The van der Waals surface area contributed by atoms with Crippen LogP contribution in [0.3, 0.4) is 0 Å². The topological polar surface area (TPSA) is 119 Å². The lowest BCUT2D eigenvalue weighted by Gasteiger charge is -2.36. The maximum Gasteiger partial charge on any atom is 0.449 e. The summed E-state index contributed by atoms with van der Waals surface area (Å²) in [6, 6.07) is -0.536. The minimum atomic E-state index is -4.75. The van der Waals surface area contributed by atoms with Crippen LogP contribution in [0.15, 0.2) is 12.1 Å². The van der Waals surface area contributed by atoms with Gasteiger partial charge in [-0.15, -0.1) is 10.2 Å². The van der Waals surface area contributed by atoms with Crippen LogP contribution in [-0.2, 0) is 30.5 Å². The van der Waals surface area contributed by atoms with Gasteiger partial charge in [0, 0.05) is 31.1 Å². The Bertz CT molecular complexity index is 1210. The third-order valence-electron chi connectivity index (χ3n) is 5.51. The number of H-pyrrole nitrogens is 1. The molecule has 3 aromatic rings. The summed E-state index contributed by atoms with van der Waals surface area (Å²) in [6.45, 7) is 1.13. The van der Waals surface area contributed by atoms with Crippen molar-refractivity contribution < 1.29 is 31.1 Å².